The summed E-state index contributed by atoms with van der Waals surface area (Å²) in [6.07, 6.45) is 0. The molecular formula is C18H17BrFN3O2S. The number of nitrogens with zero attached hydrogens (tertiary/aromatic N) is 3. The fourth-order valence-corrected chi connectivity index (χ4v) is 4.74. The van der Waals surface area contributed by atoms with Crippen LogP contribution in [0.5, 0.6) is 0 Å². The molecular weight excluding hydrogens is 421 g/mol. The standard InChI is InChI=1S/C18H17BrFN3O2S/c1-13-11-14(5-6-16(13)19)26(24,25)23-9-7-22(8-10-23)18-4-2-3-17(20)15(18)12-21/h2-6,11H,7-10H2,1H3. The van der Waals surface area contributed by atoms with Crippen LogP contribution in [0.15, 0.2) is 45.8 Å². The molecule has 0 unspecified atom stereocenters. The Kier molecular flexibility index (Phi) is 5.32. The first kappa shape index (κ1) is 18.8. The highest BCUT2D eigenvalue weighted by Crippen LogP contribution is 2.27. The molecule has 0 amide bonds. The van der Waals surface area contributed by atoms with E-state index < -0.39 is 15.8 Å². The lowest BCUT2D eigenvalue weighted by Gasteiger charge is -2.35. The predicted octanol–water partition coefficient (Wildman–Crippen LogP) is 3.28. The molecule has 26 heavy (non-hydrogen) atoms. The van der Waals surface area contributed by atoms with Gasteiger partial charge in [0.15, 0.2) is 0 Å². The molecule has 1 aliphatic heterocycles. The Morgan fingerprint density at radius 1 is 1.15 bits per heavy atom. The zero-order valence-electron chi connectivity index (χ0n) is 14.1. The smallest absolute Gasteiger partial charge is 0.243 e. The number of anilines is 1. The van der Waals surface area contributed by atoms with Crippen molar-refractivity contribution in [3.63, 3.8) is 0 Å². The van der Waals surface area contributed by atoms with Gasteiger partial charge in [0.25, 0.3) is 0 Å². The summed E-state index contributed by atoms with van der Waals surface area (Å²) in [4.78, 5) is 2.11. The maximum absolute atomic E-state index is 13.8. The zero-order valence-corrected chi connectivity index (χ0v) is 16.5. The molecule has 2 aromatic carbocycles. The van der Waals surface area contributed by atoms with Crippen molar-refractivity contribution >= 4 is 31.6 Å². The predicted molar refractivity (Wildman–Crippen MR) is 101 cm³/mol. The summed E-state index contributed by atoms with van der Waals surface area (Å²) in [7, 11) is -3.58. The molecule has 0 spiro atoms. The molecule has 2 aromatic rings. The molecule has 1 heterocycles. The second kappa shape index (κ2) is 7.35. The molecule has 0 bridgehead atoms. The van der Waals surface area contributed by atoms with Crippen LogP contribution in [0.2, 0.25) is 0 Å². The fraction of sp³-hybridized carbons (Fsp3) is 0.278. The van der Waals surface area contributed by atoms with Gasteiger partial charge in [-0.25, -0.2) is 12.8 Å². The van der Waals surface area contributed by atoms with Crippen molar-refractivity contribution in [1.82, 2.24) is 4.31 Å². The molecule has 0 atom stereocenters. The van der Waals surface area contributed by atoms with Gasteiger partial charge in [0.2, 0.25) is 10.0 Å². The van der Waals surface area contributed by atoms with Crippen LogP contribution in [0.25, 0.3) is 0 Å². The molecule has 136 valence electrons. The minimum absolute atomic E-state index is 0.00709. The summed E-state index contributed by atoms with van der Waals surface area (Å²) in [5, 5.41) is 9.18. The van der Waals surface area contributed by atoms with Gasteiger partial charge in [-0.3, -0.25) is 0 Å². The molecule has 1 aliphatic rings. The summed E-state index contributed by atoms with van der Waals surface area (Å²) in [6, 6.07) is 11.3. The van der Waals surface area contributed by atoms with Crippen molar-refractivity contribution in [3.05, 3.63) is 57.8 Å². The molecule has 5 nitrogen and oxygen atoms in total. The highest BCUT2D eigenvalue weighted by atomic mass is 79.9. The highest BCUT2D eigenvalue weighted by molar-refractivity contribution is 9.10. The second-order valence-electron chi connectivity index (χ2n) is 6.05. The number of rotatable bonds is 3. The Morgan fingerprint density at radius 2 is 1.85 bits per heavy atom. The number of halogens is 2. The number of nitriles is 1. The van der Waals surface area contributed by atoms with Gasteiger partial charge in [-0.05, 0) is 42.8 Å². The van der Waals surface area contributed by atoms with E-state index in [1.807, 2.05) is 17.9 Å². The van der Waals surface area contributed by atoms with E-state index in [-0.39, 0.29) is 23.5 Å². The lowest BCUT2D eigenvalue weighted by Crippen LogP contribution is -2.48. The van der Waals surface area contributed by atoms with E-state index in [0.29, 0.717) is 18.8 Å². The topological polar surface area (TPSA) is 64.4 Å². The summed E-state index contributed by atoms with van der Waals surface area (Å²) < 4.78 is 41.8. The van der Waals surface area contributed by atoms with Crippen LogP contribution in [-0.4, -0.2) is 38.9 Å². The Morgan fingerprint density at radius 3 is 2.46 bits per heavy atom. The van der Waals surface area contributed by atoms with Crippen LogP contribution in [0.1, 0.15) is 11.1 Å². The summed E-state index contributed by atoms with van der Waals surface area (Å²) >= 11 is 3.37. The van der Waals surface area contributed by atoms with E-state index in [2.05, 4.69) is 15.9 Å². The normalized spacial score (nSPS) is 15.7. The SMILES string of the molecule is Cc1cc(S(=O)(=O)N2CCN(c3cccc(F)c3C#N)CC2)ccc1Br. The summed E-state index contributed by atoms with van der Waals surface area (Å²) in [6.45, 7) is 3.19. The van der Waals surface area contributed by atoms with Crippen LogP contribution in [0, 0.1) is 24.1 Å². The third-order valence-electron chi connectivity index (χ3n) is 4.45. The highest BCUT2D eigenvalue weighted by Gasteiger charge is 2.29. The number of benzene rings is 2. The van der Waals surface area contributed by atoms with Crippen molar-refractivity contribution in [3.8, 4) is 6.07 Å². The van der Waals surface area contributed by atoms with Gasteiger partial charge in [0, 0.05) is 30.7 Å². The second-order valence-corrected chi connectivity index (χ2v) is 8.84. The van der Waals surface area contributed by atoms with Crippen molar-refractivity contribution in [2.45, 2.75) is 11.8 Å². The number of aryl methyl sites for hydroxylation is 1. The minimum atomic E-state index is -3.58. The van der Waals surface area contributed by atoms with E-state index in [0.717, 1.165) is 10.0 Å². The molecule has 1 fully saturated rings. The number of hydrogen-bond acceptors (Lipinski definition) is 4. The van der Waals surface area contributed by atoms with Gasteiger partial charge < -0.3 is 4.90 Å². The van der Waals surface area contributed by atoms with Gasteiger partial charge in [0.05, 0.1) is 10.6 Å². The first-order valence-electron chi connectivity index (χ1n) is 8.04. The van der Waals surface area contributed by atoms with Crippen molar-refractivity contribution < 1.29 is 12.8 Å². The van der Waals surface area contributed by atoms with Crippen molar-refractivity contribution in [2.75, 3.05) is 31.1 Å². The third kappa shape index (κ3) is 3.47. The number of hydrogen-bond donors (Lipinski definition) is 0. The largest absolute Gasteiger partial charge is 0.368 e. The molecule has 8 heteroatoms. The third-order valence-corrected chi connectivity index (χ3v) is 7.23. The van der Waals surface area contributed by atoms with Crippen LogP contribution in [0.4, 0.5) is 10.1 Å². The quantitative estimate of drug-likeness (QED) is 0.738. The number of piperazine rings is 1. The Bertz CT molecular complexity index is 980. The lowest BCUT2D eigenvalue weighted by molar-refractivity contribution is 0.384. The molecule has 0 N–H and O–H groups in total. The molecule has 0 saturated carbocycles. The lowest BCUT2D eigenvalue weighted by atomic mass is 10.1. The van der Waals surface area contributed by atoms with Crippen LogP contribution >= 0.6 is 15.9 Å². The van der Waals surface area contributed by atoms with Gasteiger partial charge >= 0.3 is 0 Å². The average Bonchev–Trinajstić information content (AvgIpc) is 2.63. The Labute approximate surface area is 160 Å². The summed E-state index contributed by atoms with van der Waals surface area (Å²) in [5.41, 5.74) is 1.35. The molecule has 3 rings (SSSR count). The van der Waals surface area contributed by atoms with E-state index in [1.165, 1.54) is 10.4 Å². The fourth-order valence-electron chi connectivity index (χ4n) is 2.98. The van der Waals surface area contributed by atoms with Gasteiger partial charge in [-0.1, -0.05) is 22.0 Å². The molecule has 0 aromatic heterocycles. The average molecular weight is 438 g/mol. The first-order chi connectivity index (χ1) is 12.3. The van der Waals surface area contributed by atoms with Crippen LogP contribution < -0.4 is 4.90 Å². The first-order valence-corrected chi connectivity index (χ1v) is 10.3. The van der Waals surface area contributed by atoms with Crippen LogP contribution in [-0.2, 0) is 10.0 Å². The van der Waals surface area contributed by atoms with E-state index in [4.69, 9.17) is 0 Å². The van der Waals surface area contributed by atoms with Gasteiger partial charge in [0.1, 0.15) is 17.4 Å². The zero-order chi connectivity index (χ0) is 18.9. The summed E-state index contributed by atoms with van der Waals surface area (Å²) in [5.74, 6) is -0.564. The van der Waals surface area contributed by atoms with Crippen molar-refractivity contribution in [2.24, 2.45) is 0 Å². The monoisotopic (exact) mass is 437 g/mol. The Balaban J connectivity index is 1.79. The maximum atomic E-state index is 13.8. The molecule has 0 aliphatic carbocycles. The number of sulfonamides is 1. The van der Waals surface area contributed by atoms with E-state index in [9.17, 15) is 18.1 Å². The van der Waals surface area contributed by atoms with E-state index in [1.54, 1.807) is 30.3 Å². The van der Waals surface area contributed by atoms with E-state index >= 15 is 0 Å². The molecule has 0 radical (unpaired) electrons. The Hall–Kier alpha value is -1.95. The molecule has 1 saturated heterocycles. The minimum Gasteiger partial charge on any atom is -0.368 e. The van der Waals surface area contributed by atoms with Gasteiger partial charge in [-0.15, -0.1) is 0 Å². The maximum Gasteiger partial charge on any atom is 0.243 e. The van der Waals surface area contributed by atoms with Crippen LogP contribution in [0.3, 0.4) is 0 Å². The van der Waals surface area contributed by atoms with Gasteiger partial charge in [-0.2, -0.15) is 9.57 Å². The van der Waals surface area contributed by atoms with Crippen molar-refractivity contribution in [1.29, 1.82) is 5.26 Å².